The lowest BCUT2D eigenvalue weighted by Crippen LogP contribution is -2.16. The minimum absolute atomic E-state index is 0.0759. The number of halogens is 1. The first-order valence-corrected chi connectivity index (χ1v) is 5.93. The molecule has 3 N–H and O–H groups in total. The van der Waals surface area contributed by atoms with Gasteiger partial charge in [-0.3, -0.25) is 0 Å². The average molecular weight is 245 g/mol. The van der Waals surface area contributed by atoms with E-state index in [1.54, 1.807) is 30.3 Å². The second-order valence-corrected chi connectivity index (χ2v) is 4.33. The van der Waals surface area contributed by atoms with Crippen molar-refractivity contribution in [2.24, 2.45) is 5.73 Å². The van der Waals surface area contributed by atoms with Gasteiger partial charge in [-0.15, -0.1) is 0 Å². The summed E-state index contributed by atoms with van der Waals surface area (Å²) in [6.07, 6.45) is 0.617. The first kappa shape index (κ1) is 12.6. The minimum Gasteiger partial charge on any atom is -0.508 e. The van der Waals surface area contributed by atoms with Gasteiger partial charge in [0.2, 0.25) is 0 Å². The summed E-state index contributed by atoms with van der Waals surface area (Å²) in [7, 11) is 0. The second kappa shape index (κ2) is 5.65. The van der Waals surface area contributed by atoms with Crippen LogP contribution in [-0.4, -0.2) is 11.7 Å². The number of benzene rings is 2. The third kappa shape index (κ3) is 2.87. The lowest BCUT2D eigenvalue weighted by molar-refractivity contribution is 0.474. The Bertz CT molecular complexity index is 527. The zero-order chi connectivity index (χ0) is 13.0. The molecule has 0 heterocycles. The van der Waals surface area contributed by atoms with Crippen LogP contribution in [0, 0.1) is 5.82 Å². The van der Waals surface area contributed by atoms with Crippen molar-refractivity contribution in [2.75, 3.05) is 6.54 Å². The number of hydrogen-bond acceptors (Lipinski definition) is 2. The highest BCUT2D eigenvalue weighted by Gasteiger charge is 2.14. The van der Waals surface area contributed by atoms with Crippen LogP contribution in [0.5, 0.6) is 5.75 Å². The molecule has 3 heteroatoms. The Kier molecular flexibility index (Phi) is 3.95. The van der Waals surface area contributed by atoms with Crippen LogP contribution in [0.2, 0.25) is 0 Å². The van der Waals surface area contributed by atoms with Gasteiger partial charge in [0, 0.05) is 5.92 Å². The molecule has 2 aromatic rings. The fraction of sp³-hybridized carbons (Fsp3) is 0.200. The summed E-state index contributed by atoms with van der Waals surface area (Å²) in [5.41, 5.74) is 7.31. The van der Waals surface area contributed by atoms with E-state index in [1.165, 1.54) is 6.07 Å². The molecule has 2 rings (SSSR count). The van der Waals surface area contributed by atoms with E-state index in [0.717, 1.165) is 5.56 Å². The topological polar surface area (TPSA) is 46.2 Å². The summed E-state index contributed by atoms with van der Waals surface area (Å²) in [5, 5.41) is 9.42. The van der Waals surface area contributed by atoms with Gasteiger partial charge in [0.15, 0.2) is 0 Å². The quantitative estimate of drug-likeness (QED) is 0.870. The highest BCUT2D eigenvalue weighted by molar-refractivity contribution is 5.30. The van der Waals surface area contributed by atoms with E-state index in [1.807, 2.05) is 12.1 Å². The van der Waals surface area contributed by atoms with Crippen molar-refractivity contribution in [3.63, 3.8) is 0 Å². The third-order valence-electron chi connectivity index (χ3n) is 3.02. The first-order valence-electron chi connectivity index (χ1n) is 5.93. The molecule has 94 valence electrons. The Hall–Kier alpha value is -1.87. The van der Waals surface area contributed by atoms with Gasteiger partial charge in [-0.05, 0) is 42.3 Å². The van der Waals surface area contributed by atoms with Crippen molar-refractivity contribution in [2.45, 2.75) is 12.3 Å². The van der Waals surface area contributed by atoms with Gasteiger partial charge in [0.05, 0.1) is 0 Å². The molecule has 2 nitrogen and oxygen atoms in total. The van der Waals surface area contributed by atoms with Gasteiger partial charge < -0.3 is 10.8 Å². The van der Waals surface area contributed by atoms with E-state index >= 15 is 0 Å². The van der Waals surface area contributed by atoms with Crippen molar-refractivity contribution < 1.29 is 9.50 Å². The monoisotopic (exact) mass is 245 g/mol. The molecule has 18 heavy (non-hydrogen) atoms. The molecule has 0 saturated heterocycles. The summed E-state index contributed by atoms with van der Waals surface area (Å²) >= 11 is 0. The van der Waals surface area contributed by atoms with Crippen LogP contribution >= 0.6 is 0 Å². The highest BCUT2D eigenvalue weighted by atomic mass is 19.1. The molecular formula is C15H16FNO. The van der Waals surface area contributed by atoms with Crippen LogP contribution in [-0.2, 0) is 6.42 Å². The molecule has 1 atom stereocenters. The van der Waals surface area contributed by atoms with Gasteiger partial charge in [-0.2, -0.15) is 0 Å². The van der Waals surface area contributed by atoms with Crippen molar-refractivity contribution in [1.29, 1.82) is 0 Å². The molecule has 0 fully saturated rings. The van der Waals surface area contributed by atoms with E-state index in [-0.39, 0.29) is 17.5 Å². The number of aromatic hydroxyl groups is 1. The maximum absolute atomic E-state index is 13.7. The molecule has 0 aliphatic carbocycles. The van der Waals surface area contributed by atoms with Crippen LogP contribution in [0.1, 0.15) is 17.0 Å². The summed E-state index contributed by atoms with van der Waals surface area (Å²) in [6.45, 7) is 0.372. The lowest BCUT2D eigenvalue weighted by atomic mass is 9.91. The van der Waals surface area contributed by atoms with Crippen LogP contribution in [0.4, 0.5) is 4.39 Å². The zero-order valence-electron chi connectivity index (χ0n) is 10.0. The Labute approximate surface area is 106 Å². The van der Waals surface area contributed by atoms with E-state index < -0.39 is 0 Å². The molecule has 0 aliphatic rings. The molecule has 0 aromatic heterocycles. The molecule has 0 spiro atoms. The van der Waals surface area contributed by atoms with E-state index in [2.05, 4.69) is 0 Å². The number of rotatable bonds is 4. The lowest BCUT2D eigenvalue weighted by Gasteiger charge is -2.16. The van der Waals surface area contributed by atoms with Gasteiger partial charge in [-0.25, -0.2) is 4.39 Å². The maximum Gasteiger partial charge on any atom is 0.126 e. The van der Waals surface area contributed by atoms with Crippen molar-refractivity contribution in [3.8, 4) is 5.75 Å². The smallest absolute Gasteiger partial charge is 0.126 e. The summed E-state index contributed by atoms with van der Waals surface area (Å²) in [6, 6.07) is 13.7. The Morgan fingerprint density at radius 3 is 2.56 bits per heavy atom. The predicted molar refractivity (Wildman–Crippen MR) is 70.0 cm³/mol. The number of hydrogen-bond donors (Lipinski definition) is 2. The molecule has 0 bridgehead atoms. The second-order valence-electron chi connectivity index (χ2n) is 4.33. The number of nitrogens with two attached hydrogens (primary N) is 1. The zero-order valence-corrected chi connectivity index (χ0v) is 10.0. The van der Waals surface area contributed by atoms with E-state index in [4.69, 9.17) is 5.73 Å². The SMILES string of the molecule is NCC(Cc1cccc(O)c1)c1ccccc1F. The fourth-order valence-electron chi connectivity index (χ4n) is 2.09. The molecule has 2 aromatic carbocycles. The van der Waals surface area contributed by atoms with E-state index in [9.17, 15) is 9.50 Å². The average Bonchev–Trinajstić information content (AvgIpc) is 2.37. The minimum atomic E-state index is -0.229. The molecular weight excluding hydrogens is 229 g/mol. The molecule has 0 radical (unpaired) electrons. The number of phenols is 1. The largest absolute Gasteiger partial charge is 0.508 e. The maximum atomic E-state index is 13.7. The third-order valence-corrected chi connectivity index (χ3v) is 3.02. The van der Waals surface area contributed by atoms with Gasteiger partial charge in [0.25, 0.3) is 0 Å². The molecule has 0 saturated carbocycles. The highest BCUT2D eigenvalue weighted by Crippen LogP contribution is 2.23. The van der Waals surface area contributed by atoms with Crippen molar-refractivity contribution in [1.82, 2.24) is 0 Å². The van der Waals surface area contributed by atoms with Crippen molar-refractivity contribution in [3.05, 3.63) is 65.5 Å². The van der Waals surface area contributed by atoms with Crippen LogP contribution in [0.3, 0.4) is 0 Å². The van der Waals surface area contributed by atoms with Crippen LogP contribution < -0.4 is 5.73 Å². The van der Waals surface area contributed by atoms with Gasteiger partial charge in [-0.1, -0.05) is 30.3 Å². The fourth-order valence-corrected chi connectivity index (χ4v) is 2.09. The Balaban J connectivity index is 2.23. The summed E-state index contributed by atoms with van der Waals surface area (Å²) in [4.78, 5) is 0. The predicted octanol–water partition coefficient (Wildman–Crippen LogP) is 2.82. The number of phenolic OH excluding ortho intramolecular Hbond substituents is 1. The summed E-state index contributed by atoms with van der Waals surface area (Å²) in [5.74, 6) is -0.0853. The van der Waals surface area contributed by atoms with Gasteiger partial charge >= 0.3 is 0 Å². The normalized spacial score (nSPS) is 12.3. The standard InChI is InChI=1S/C15H16FNO/c16-15-7-2-1-6-14(15)12(10-17)8-11-4-3-5-13(18)9-11/h1-7,9,12,18H,8,10,17H2. The van der Waals surface area contributed by atoms with Crippen LogP contribution in [0.15, 0.2) is 48.5 Å². The van der Waals surface area contributed by atoms with Crippen LogP contribution in [0.25, 0.3) is 0 Å². The first-order chi connectivity index (χ1) is 8.70. The summed E-state index contributed by atoms with van der Waals surface area (Å²) < 4.78 is 13.7. The van der Waals surface area contributed by atoms with Gasteiger partial charge in [0.1, 0.15) is 11.6 Å². The Morgan fingerprint density at radius 2 is 1.89 bits per heavy atom. The molecule has 0 aliphatic heterocycles. The Morgan fingerprint density at radius 1 is 1.11 bits per heavy atom. The van der Waals surface area contributed by atoms with Crippen molar-refractivity contribution >= 4 is 0 Å². The molecule has 0 amide bonds. The van der Waals surface area contributed by atoms with E-state index in [0.29, 0.717) is 18.5 Å². The molecule has 1 unspecified atom stereocenters.